The largest absolute Gasteiger partial charge is 0.394 e. The van der Waals surface area contributed by atoms with Crippen LogP contribution in [0.5, 0.6) is 0 Å². The first-order valence-corrected chi connectivity index (χ1v) is 5.85. The third kappa shape index (κ3) is 1.01. The molecule has 0 spiro atoms. The Hall–Kier alpha value is -0.560. The number of fused-ring (bicyclic) bond motifs is 2. The fourth-order valence-electron chi connectivity index (χ4n) is 4.30. The van der Waals surface area contributed by atoms with Crippen molar-refractivity contribution in [2.75, 3.05) is 6.61 Å². The van der Waals surface area contributed by atoms with Crippen LogP contribution in [0.25, 0.3) is 0 Å². The van der Waals surface area contributed by atoms with Crippen molar-refractivity contribution in [3.05, 3.63) is 0 Å². The second kappa shape index (κ2) is 3.22. The Morgan fingerprint density at radius 2 is 2.12 bits per heavy atom. The van der Waals surface area contributed by atoms with Crippen LogP contribution in [0.15, 0.2) is 0 Å². The van der Waals surface area contributed by atoms with Crippen molar-refractivity contribution in [1.82, 2.24) is 0 Å². The lowest BCUT2D eigenvalue weighted by Crippen LogP contribution is -2.56. The number of hydrogen-bond acceptors (Lipinski definition) is 3. The van der Waals surface area contributed by atoms with E-state index < -0.39 is 17.1 Å². The van der Waals surface area contributed by atoms with E-state index in [0.29, 0.717) is 18.8 Å². The first kappa shape index (κ1) is 11.9. The fraction of sp³-hybridized carbons (Fsp3) is 0.846. The predicted molar refractivity (Wildman–Crippen MR) is 60.4 cm³/mol. The lowest BCUT2D eigenvalue weighted by Gasteiger charge is -2.48. The summed E-state index contributed by atoms with van der Waals surface area (Å²) in [6.45, 7) is 3.73. The highest BCUT2D eigenvalue weighted by Crippen LogP contribution is 2.70. The second-order valence-electron chi connectivity index (χ2n) is 5.84. The summed E-state index contributed by atoms with van der Waals surface area (Å²) in [4.78, 5) is 0. The first-order chi connectivity index (χ1) is 7.35. The van der Waals surface area contributed by atoms with E-state index in [1.807, 2.05) is 13.8 Å². The number of hydrogen-bond donors (Lipinski definition) is 3. The number of aliphatic hydroxyl groups is 3. The molecule has 0 aliphatic heterocycles. The van der Waals surface area contributed by atoms with Gasteiger partial charge in [-0.15, -0.1) is 6.42 Å². The Balaban J connectivity index is 2.55. The van der Waals surface area contributed by atoms with Gasteiger partial charge in [-0.05, 0) is 30.6 Å². The molecule has 0 aromatic carbocycles. The molecule has 3 N–H and O–H groups in total. The maximum atomic E-state index is 10.6. The zero-order valence-corrected chi connectivity index (χ0v) is 9.90. The average molecular weight is 224 g/mol. The third-order valence-electron chi connectivity index (χ3n) is 5.32. The molecular weight excluding hydrogens is 204 g/mol. The van der Waals surface area contributed by atoms with Crippen LogP contribution in [-0.2, 0) is 0 Å². The van der Waals surface area contributed by atoms with Crippen LogP contribution in [0, 0.1) is 29.1 Å². The van der Waals surface area contributed by atoms with Crippen LogP contribution < -0.4 is 0 Å². The third-order valence-corrected chi connectivity index (χ3v) is 5.32. The van der Waals surface area contributed by atoms with Crippen LogP contribution in [0.3, 0.4) is 0 Å². The van der Waals surface area contributed by atoms with Crippen LogP contribution in [0.4, 0.5) is 0 Å². The second-order valence-corrected chi connectivity index (χ2v) is 5.84. The Labute approximate surface area is 96.5 Å². The molecule has 2 bridgehead atoms. The maximum absolute atomic E-state index is 10.6. The normalized spacial score (nSPS) is 46.6. The van der Waals surface area contributed by atoms with Crippen molar-refractivity contribution in [3.63, 3.8) is 0 Å². The highest BCUT2D eigenvalue weighted by Gasteiger charge is 2.73. The Morgan fingerprint density at radius 1 is 1.50 bits per heavy atom. The first-order valence-electron chi connectivity index (χ1n) is 5.85. The standard InChI is InChI=1S/C13H20O3/c1-4-12(16)7-9-5-6-13(12,10(15)8-14)11(9,2)3/h1,9-10,14-16H,5-8H2,2-3H3. The Kier molecular flexibility index (Phi) is 2.40. The zero-order chi connectivity index (χ0) is 12.2. The summed E-state index contributed by atoms with van der Waals surface area (Å²) in [5, 5.41) is 29.9. The summed E-state index contributed by atoms with van der Waals surface area (Å²) in [5.41, 5.74) is -2.26. The SMILES string of the molecule is C#CC1(O)CC2CCC1(C(O)CO)C2(C)C. The van der Waals surface area contributed by atoms with E-state index in [1.54, 1.807) is 0 Å². The molecule has 2 fully saturated rings. The molecule has 2 saturated carbocycles. The van der Waals surface area contributed by atoms with Crippen molar-refractivity contribution >= 4 is 0 Å². The highest BCUT2D eigenvalue weighted by molar-refractivity contribution is 5.30. The molecular formula is C13H20O3. The van der Waals surface area contributed by atoms with Gasteiger partial charge in [-0.25, -0.2) is 0 Å². The molecule has 16 heavy (non-hydrogen) atoms. The monoisotopic (exact) mass is 224 g/mol. The molecule has 0 aromatic heterocycles. The molecule has 3 nitrogen and oxygen atoms in total. The Bertz CT molecular complexity index is 344. The van der Waals surface area contributed by atoms with E-state index in [0.717, 1.165) is 6.42 Å². The maximum Gasteiger partial charge on any atom is 0.134 e. The van der Waals surface area contributed by atoms with Gasteiger partial charge in [-0.3, -0.25) is 0 Å². The molecule has 4 atom stereocenters. The molecule has 2 aliphatic rings. The predicted octanol–water partition coefficient (Wildman–Crippen LogP) is 0.530. The van der Waals surface area contributed by atoms with E-state index in [4.69, 9.17) is 6.42 Å². The van der Waals surface area contributed by atoms with E-state index in [1.165, 1.54) is 0 Å². The molecule has 2 rings (SSSR count). The molecule has 0 amide bonds. The van der Waals surface area contributed by atoms with Crippen molar-refractivity contribution in [3.8, 4) is 12.3 Å². The van der Waals surface area contributed by atoms with Gasteiger partial charge in [0.25, 0.3) is 0 Å². The van der Waals surface area contributed by atoms with Gasteiger partial charge in [-0.2, -0.15) is 0 Å². The molecule has 0 heterocycles. The zero-order valence-electron chi connectivity index (χ0n) is 9.90. The van der Waals surface area contributed by atoms with Crippen molar-refractivity contribution in [1.29, 1.82) is 0 Å². The summed E-state index contributed by atoms with van der Waals surface area (Å²) in [5.74, 6) is 2.80. The fourth-order valence-corrected chi connectivity index (χ4v) is 4.30. The minimum Gasteiger partial charge on any atom is -0.394 e. The molecule has 0 saturated heterocycles. The molecule has 4 unspecified atom stereocenters. The Morgan fingerprint density at radius 3 is 2.56 bits per heavy atom. The van der Waals surface area contributed by atoms with Crippen molar-refractivity contribution in [2.24, 2.45) is 16.7 Å². The summed E-state index contributed by atoms with van der Waals surface area (Å²) in [6, 6.07) is 0. The van der Waals surface area contributed by atoms with Gasteiger partial charge in [0.1, 0.15) is 5.60 Å². The van der Waals surface area contributed by atoms with E-state index >= 15 is 0 Å². The molecule has 90 valence electrons. The van der Waals surface area contributed by atoms with Gasteiger partial charge in [0.2, 0.25) is 0 Å². The van der Waals surface area contributed by atoms with Gasteiger partial charge in [-0.1, -0.05) is 19.8 Å². The minimum absolute atomic E-state index is 0.226. The molecule has 3 heteroatoms. The quantitative estimate of drug-likeness (QED) is 0.600. The van der Waals surface area contributed by atoms with Gasteiger partial charge in [0.15, 0.2) is 0 Å². The van der Waals surface area contributed by atoms with Gasteiger partial charge < -0.3 is 15.3 Å². The smallest absolute Gasteiger partial charge is 0.134 e. The topological polar surface area (TPSA) is 60.7 Å². The van der Waals surface area contributed by atoms with Crippen LogP contribution in [0.2, 0.25) is 0 Å². The van der Waals surface area contributed by atoms with Crippen LogP contribution in [-0.4, -0.2) is 33.6 Å². The summed E-state index contributed by atoms with van der Waals surface area (Å²) >= 11 is 0. The van der Waals surface area contributed by atoms with Crippen molar-refractivity contribution < 1.29 is 15.3 Å². The van der Waals surface area contributed by atoms with E-state index in [9.17, 15) is 15.3 Å². The number of aliphatic hydroxyl groups excluding tert-OH is 2. The lowest BCUT2D eigenvalue weighted by molar-refractivity contribution is -0.145. The molecule has 2 aliphatic carbocycles. The van der Waals surface area contributed by atoms with E-state index in [-0.39, 0.29) is 12.0 Å². The van der Waals surface area contributed by atoms with Crippen LogP contribution in [0.1, 0.15) is 33.1 Å². The van der Waals surface area contributed by atoms with Crippen molar-refractivity contribution in [2.45, 2.75) is 44.8 Å². The van der Waals surface area contributed by atoms with E-state index in [2.05, 4.69) is 5.92 Å². The molecule has 0 radical (unpaired) electrons. The summed E-state index contributed by atoms with van der Waals surface area (Å²) < 4.78 is 0. The van der Waals surface area contributed by atoms with Gasteiger partial charge >= 0.3 is 0 Å². The average Bonchev–Trinajstić information content (AvgIpc) is 2.60. The number of rotatable bonds is 2. The summed E-state index contributed by atoms with van der Waals surface area (Å²) in [6.07, 6.45) is 6.70. The molecule has 0 aromatic rings. The minimum atomic E-state index is -1.28. The van der Waals surface area contributed by atoms with Gasteiger partial charge in [0.05, 0.1) is 12.7 Å². The summed E-state index contributed by atoms with van der Waals surface area (Å²) in [7, 11) is 0. The van der Waals surface area contributed by atoms with Gasteiger partial charge in [0, 0.05) is 5.41 Å². The number of terminal acetylenes is 1. The highest BCUT2D eigenvalue weighted by atomic mass is 16.3. The van der Waals surface area contributed by atoms with Crippen LogP contribution >= 0.6 is 0 Å². The lowest BCUT2D eigenvalue weighted by atomic mass is 9.60.